The molecule has 10 heteroatoms. The van der Waals surface area contributed by atoms with E-state index in [4.69, 9.17) is 14.8 Å². The number of phosphoric acid groups is 1. The summed E-state index contributed by atoms with van der Waals surface area (Å²) in [5.74, 6) is -0.450. The van der Waals surface area contributed by atoms with E-state index in [0.29, 0.717) is 6.42 Å². The number of hydrogen-bond acceptors (Lipinski definition) is 7. The second kappa shape index (κ2) is 29.9. The quantitative estimate of drug-likeness (QED) is 0.0290. The first kappa shape index (κ1) is 42.2. The van der Waals surface area contributed by atoms with Gasteiger partial charge in [-0.05, 0) is 19.3 Å². The summed E-state index contributed by atoms with van der Waals surface area (Å²) in [6.07, 6.45) is 26.0. The fraction of sp³-hybridized carbons (Fsp3) is 0.909. The smallest absolute Gasteiger partial charge is 0.393 e. The zero-order valence-corrected chi connectivity index (χ0v) is 28.5. The number of allylic oxidation sites excluding steroid dienone is 1. The SMILES string of the molecule is CCCCCCC/C=C/C(O)C(COP(=O)(O)OCCN)NC(=O)CC(O)CCCCCCCCCCCCCCCC. The van der Waals surface area contributed by atoms with Crippen LogP contribution in [0.4, 0.5) is 0 Å². The van der Waals surface area contributed by atoms with Crippen LogP contribution in [0.25, 0.3) is 0 Å². The monoisotopic (exact) mass is 634 g/mol. The van der Waals surface area contributed by atoms with E-state index in [1.165, 1.54) is 89.9 Å². The normalized spacial score (nSPS) is 15.4. The Kier molecular flexibility index (Phi) is 29.3. The molecular weight excluding hydrogens is 567 g/mol. The van der Waals surface area contributed by atoms with Crippen molar-refractivity contribution in [1.29, 1.82) is 0 Å². The molecule has 0 radical (unpaired) electrons. The van der Waals surface area contributed by atoms with Crippen LogP contribution in [0.3, 0.4) is 0 Å². The van der Waals surface area contributed by atoms with E-state index in [1.54, 1.807) is 6.08 Å². The Morgan fingerprint density at radius 3 is 1.79 bits per heavy atom. The van der Waals surface area contributed by atoms with Crippen LogP contribution >= 0.6 is 7.82 Å². The van der Waals surface area contributed by atoms with Gasteiger partial charge in [-0.25, -0.2) is 4.57 Å². The molecule has 9 nitrogen and oxygen atoms in total. The Morgan fingerprint density at radius 1 is 0.791 bits per heavy atom. The second-order valence-corrected chi connectivity index (χ2v) is 13.4. The van der Waals surface area contributed by atoms with E-state index < -0.39 is 38.6 Å². The lowest BCUT2D eigenvalue weighted by molar-refractivity contribution is -0.124. The van der Waals surface area contributed by atoms with Crippen LogP contribution in [0.15, 0.2) is 12.2 Å². The standard InChI is InChI=1S/C33H67N2O7P/c1-3-5-7-9-11-12-13-14-15-16-17-19-20-22-24-30(36)28-33(38)35-31(29-42-43(39,40)41-27-26-34)32(37)25-23-21-18-10-8-6-4-2/h23,25,30-32,36-37H,3-22,24,26-29,34H2,1-2H3,(H,35,38)(H,39,40)/b25-23+. The minimum absolute atomic E-state index is 0.0505. The van der Waals surface area contributed by atoms with Crippen LogP contribution in [0.2, 0.25) is 0 Å². The molecular formula is C33H67N2O7P. The van der Waals surface area contributed by atoms with Gasteiger partial charge in [0.25, 0.3) is 0 Å². The molecule has 0 aliphatic rings. The van der Waals surface area contributed by atoms with Crippen molar-refractivity contribution >= 4 is 13.7 Å². The number of aliphatic hydroxyl groups excluding tert-OH is 2. The van der Waals surface area contributed by atoms with Crippen LogP contribution in [0.5, 0.6) is 0 Å². The first-order chi connectivity index (χ1) is 20.8. The molecule has 256 valence electrons. The first-order valence-corrected chi connectivity index (χ1v) is 18.9. The molecule has 0 aromatic rings. The Bertz CT molecular complexity index is 711. The van der Waals surface area contributed by atoms with E-state index >= 15 is 0 Å². The second-order valence-electron chi connectivity index (χ2n) is 11.9. The average Bonchev–Trinajstić information content (AvgIpc) is 2.97. The van der Waals surface area contributed by atoms with Gasteiger partial charge in [0, 0.05) is 6.54 Å². The van der Waals surface area contributed by atoms with E-state index in [2.05, 4.69) is 19.2 Å². The molecule has 0 saturated heterocycles. The van der Waals surface area contributed by atoms with Gasteiger partial charge in [0.15, 0.2) is 0 Å². The van der Waals surface area contributed by atoms with Gasteiger partial charge in [0.05, 0.1) is 37.9 Å². The van der Waals surface area contributed by atoms with Crippen molar-refractivity contribution in [2.24, 2.45) is 5.73 Å². The minimum Gasteiger partial charge on any atom is -0.393 e. The third-order valence-electron chi connectivity index (χ3n) is 7.67. The number of nitrogens with two attached hydrogens (primary N) is 1. The van der Waals surface area contributed by atoms with Crippen molar-refractivity contribution in [3.63, 3.8) is 0 Å². The van der Waals surface area contributed by atoms with E-state index in [-0.39, 0.29) is 19.6 Å². The van der Waals surface area contributed by atoms with Crippen LogP contribution in [-0.4, -0.2) is 59.0 Å². The van der Waals surface area contributed by atoms with Gasteiger partial charge < -0.3 is 26.2 Å². The number of phosphoric ester groups is 1. The highest BCUT2D eigenvalue weighted by Gasteiger charge is 2.27. The molecule has 4 unspecified atom stereocenters. The number of amides is 1. The topological polar surface area (TPSA) is 151 Å². The third kappa shape index (κ3) is 28.4. The molecule has 0 fully saturated rings. The van der Waals surface area contributed by atoms with Gasteiger partial charge in [-0.2, -0.15) is 0 Å². The molecule has 0 aliphatic heterocycles. The summed E-state index contributed by atoms with van der Waals surface area (Å²) in [6.45, 7) is 3.88. The number of unbranched alkanes of at least 4 members (excludes halogenated alkanes) is 18. The molecule has 0 heterocycles. The Balaban J connectivity index is 4.35. The number of carbonyl (C=O) groups is 1. The predicted molar refractivity (Wildman–Crippen MR) is 177 cm³/mol. The summed E-state index contributed by atoms with van der Waals surface area (Å²) < 4.78 is 21.8. The lowest BCUT2D eigenvalue weighted by Crippen LogP contribution is -2.46. The molecule has 0 saturated carbocycles. The lowest BCUT2D eigenvalue weighted by Gasteiger charge is -2.24. The number of hydrogen-bond donors (Lipinski definition) is 5. The largest absolute Gasteiger partial charge is 0.472 e. The fourth-order valence-electron chi connectivity index (χ4n) is 5.00. The van der Waals surface area contributed by atoms with Crippen molar-refractivity contribution in [3.8, 4) is 0 Å². The maximum Gasteiger partial charge on any atom is 0.472 e. The number of rotatable bonds is 32. The van der Waals surface area contributed by atoms with E-state index in [0.717, 1.165) is 38.5 Å². The highest BCUT2D eigenvalue weighted by atomic mass is 31.2. The van der Waals surface area contributed by atoms with Gasteiger partial charge in [-0.3, -0.25) is 13.8 Å². The van der Waals surface area contributed by atoms with Gasteiger partial charge in [-0.1, -0.05) is 142 Å². The predicted octanol–water partition coefficient (Wildman–Crippen LogP) is 7.46. The Labute approximate surface area is 263 Å². The van der Waals surface area contributed by atoms with Gasteiger partial charge in [0.1, 0.15) is 0 Å². The van der Waals surface area contributed by atoms with Crippen molar-refractivity contribution in [2.45, 2.75) is 173 Å². The van der Waals surface area contributed by atoms with Gasteiger partial charge in [0.2, 0.25) is 5.91 Å². The van der Waals surface area contributed by atoms with Crippen molar-refractivity contribution in [2.75, 3.05) is 19.8 Å². The Morgan fingerprint density at radius 2 is 1.28 bits per heavy atom. The summed E-state index contributed by atoms with van der Waals surface area (Å²) in [5, 5.41) is 23.7. The molecule has 1 amide bonds. The fourth-order valence-corrected chi connectivity index (χ4v) is 5.76. The van der Waals surface area contributed by atoms with Gasteiger partial charge in [-0.15, -0.1) is 0 Å². The molecule has 4 atom stereocenters. The van der Waals surface area contributed by atoms with Gasteiger partial charge >= 0.3 is 7.82 Å². The van der Waals surface area contributed by atoms with E-state index in [9.17, 15) is 24.5 Å². The summed E-state index contributed by atoms with van der Waals surface area (Å²) in [7, 11) is -4.38. The van der Waals surface area contributed by atoms with Crippen molar-refractivity contribution in [3.05, 3.63) is 12.2 Å². The number of aliphatic hydroxyl groups is 2. The van der Waals surface area contributed by atoms with Crippen LogP contribution in [-0.2, 0) is 18.4 Å². The van der Waals surface area contributed by atoms with E-state index in [1.807, 2.05) is 6.08 Å². The first-order valence-electron chi connectivity index (χ1n) is 17.4. The van der Waals surface area contributed by atoms with Crippen LogP contribution in [0.1, 0.15) is 155 Å². The maximum absolute atomic E-state index is 12.6. The molecule has 0 bridgehead atoms. The summed E-state index contributed by atoms with van der Waals surface area (Å²) in [5.41, 5.74) is 5.32. The zero-order chi connectivity index (χ0) is 32.0. The molecule has 0 spiro atoms. The lowest BCUT2D eigenvalue weighted by atomic mass is 10.0. The maximum atomic E-state index is 12.6. The van der Waals surface area contributed by atoms with Crippen molar-refractivity contribution < 1.29 is 33.5 Å². The molecule has 43 heavy (non-hydrogen) atoms. The zero-order valence-electron chi connectivity index (χ0n) is 27.6. The highest BCUT2D eigenvalue weighted by molar-refractivity contribution is 7.47. The molecule has 0 aliphatic carbocycles. The number of nitrogens with one attached hydrogen (secondary N) is 1. The molecule has 6 N–H and O–H groups in total. The third-order valence-corrected chi connectivity index (χ3v) is 8.65. The highest BCUT2D eigenvalue weighted by Crippen LogP contribution is 2.43. The van der Waals surface area contributed by atoms with Crippen LogP contribution in [0, 0.1) is 0 Å². The van der Waals surface area contributed by atoms with Crippen molar-refractivity contribution in [1.82, 2.24) is 5.32 Å². The molecule has 0 rings (SSSR count). The molecule has 0 aromatic carbocycles. The van der Waals surface area contributed by atoms with Crippen LogP contribution < -0.4 is 11.1 Å². The number of carbonyl (C=O) groups excluding carboxylic acids is 1. The average molecular weight is 635 g/mol. The minimum atomic E-state index is -4.38. The summed E-state index contributed by atoms with van der Waals surface area (Å²) >= 11 is 0. The molecule has 0 aromatic heterocycles. The summed E-state index contributed by atoms with van der Waals surface area (Å²) in [4.78, 5) is 22.5. The summed E-state index contributed by atoms with van der Waals surface area (Å²) in [6, 6.07) is -0.973. The Hall–Kier alpha value is -0.800.